The minimum Gasteiger partial charge on any atom is -0.459 e. The van der Waals surface area contributed by atoms with Crippen LogP contribution in [0.25, 0.3) is 0 Å². The van der Waals surface area contributed by atoms with Gasteiger partial charge in [0.25, 0.3) is 5.91 Å². The molecule has 3 N–H and O–H groups in total. The predicted molar refractivity (Wildman–Crippen MR) is 132 cm³/mol. The van der Waals surface area contributed by atoms with Crippen molar-refractivity contribution in [2.24, 2.45) is 4.99 Å². The lowest BCUT2D eigenvalue weighted by Gasteiger charge is -2.12. The van der Waals surface area contributed by atoms with E-state index in [9.17, 15) is 4.79 Å². The Morgan fingerprint density at radius 2 is 2.03 bits per heavy atom. The van der Waals surface area contributed by atoms with Crippen molar-refractivity contribution in [3.05, 3.63) is 69.6 Å². The number of anilines is 1. The van der Waals surface area contributed by atoms with Gasteiger partial charge in [-0.1, -0.05) is 12.1 Å². The number of halogens is 1. The Balaban J connectivity index is 0.00000320. The molecule has 0 aliphatic carbocycles. The third-order valence-corrected chi connectivity index (χ3v) is 5.45. The first-order valence-electron chi connectivity index (χ1n) is 9.36. The van der Waals surface area contributed by atoms with E-state index < -0.39 is 0 Å². The molecule has 0 saturated heterocycles. The van der Waals surface area contributed by atoms with E-state index in [1.54, 1.807) is 30.5 Å². The molecule has 0 atom stereocenters. The standard InChI is InChI=1S/C21H25N5O2S.HI/c1-14-15(2)29-19(25-14)9-10-23-21(22-3)24-13-16-6-4-7-17(12-16)26-20(27)18-8-5-11-28-18;/h4-8,11-12H,9-10,13H2,1-3H3,(H,26,27)(H2,22,23,24);1H. The van der Waals surface area contributed by atoms with Crippen molar-refractivity contribution in [2.45, 2.75) is 26.8 Å². The molecule has 160 valence electrons. The fourth-order valence-electron chi connectivity index (χ4n) is 2.70. The first-order chi connectivity index (χ1) is 14.0. The second kappa shape index (κ2) is 11.7. The quantitative estimate of drug-likeness (QED) is 0.239. The number of thiazole rings is 1. The van der Waals surface area contributed by atoms with Crippen LogP contribution >= 0.6 is 35.3 Å². The van der Waals surface area contributed by atoms with Crippen molar-refractivity contribution in [1.82, 2.24) is 15.6 Å². The third kappa shape index (κ3) is 6.84. The van der Waals surface area contributed by atoms with Gasteiger partial charge >= 0.3 is 0 Å². The minimum absolute atomic E-state index is 0. The van der Waals surface area contributed by atoms with E-state index in [-0.39, 0.29) is 35.6 Å². The van der Waals surface area contributed by atoms with Crippen LogP contribution in [0.4, 0.5) is 5.69 Å². The number of amides is 1. The monoisotopic (exact) mass is 539 g/mol. The molecule has 0 bridgehead atoms. The van der Waals surface area contributed by atoms with Gasteiger partial charge in [-0.3, -0.25) is 9.79 Å². The van der Waals surface area contributed by atoms with Gasteiger partial charge in [0.15, 0.2) is 11.7 Å². The predicted octanol–water partition coefficient (Wildman–Crippen LogP) is 4.13. The van der Waals surface area contributed by atoms with Gasteiger partial charge in [-0.05, 0) is 43.7 Å². The Bertz CT molecular complexity index is 966. The number of aryl methyl sites for hydroxylation is 2. The van der Waals surface area contributed by atoms with Crippen LogP contribution in [-0.4, -0.2) is 30.4 Å². The van der Waals surface area contributed by atoms with E-state index >= 15 is 0 Å². The number of furan rings is 1. The van der Waals surface area contributed by atoms with E-state index in [0.29, 0.717) is 12.2 Å². The molecule has 3 aromatic rings. The number of guanidine groups is 1. The zero-order chi connectivity index (χ0) is 20.6. The first-order valence-corrected chi connectivity index (χ1v) is 10.2. The summed E-state index contributed by atoms with van der Waals surface area (Å²) in [6.07, 6.45) is 2.33. The third-order valence-electron chi connectivity index (χ3n) is 4.32. The van der Waals surface area contributed by atoms with Crippen LogP contribution in [0.15, 0.2) is 52.1 Å². The van der Waals surface area contributed by atoms with E-state index in [2.05, 4.69) is 32.9 Å². The Morgan fingerprint density at radius 3 is 2.70 bits per heavy atom. The normalized spacial score (nSPS) is 11.0. The second-order valence-corrected chi connectivity index (χ2v) is 7.77. The molecule has 2 heterocycles. The van der Waals surface area contributed by atoms with Crippen LogP contribution in [0, 0.1) is 13.8 Å². The molecule has 0 spiro atoms. The summed E-state index contributed by atoms with van der Waals surface area (Å²) in [5, 5.41) is 10.6. The number of carbonyl (C=O) groups excluding carboxylic acids is 1. The lowest BCUT2D eigenvalue weighted by Crippen LogP contribution is -2.37. The van der Waals surface area contributed by atoms with Crippen molar-refractivity contribution in [3.63, 3.8) is 0 Å². The molecule has 9 heteroatoms. The molecule has 1 amide bonds. The average Bonchev–Trinajstić information content (AvgIpc) is 3.35. The first kappa shape index (κ1) is 23.9. The maximum atomic E-state index is 12.1. The number of hydrogen-bond donors (Lipinski definition) is 3. The van der Waals surface area contributed by atoms with Crippen molar-refractivity contribution >= 4 is 52.9 Å². The van der Waals surface area contributed by atoms with Crippen LogP contribution in [-0.2, 0) is 13.0 Å². The largest absolute Gasteiger partial charge is 0.459 e. The fourth-order valence-corrected chi connectivity index (χ4v) is 3.63. The summed E-state index contributed by atoms with van der Waals surface area (Å²) in [7, 11) is 1.74. The van der Waals surface area contributed by atoms with Crippen LogP contribution in [0.5, 0.6) is 0 Å². The molecular formula is C21H26IN5O2S. The fraction of sp³-hybridized carbons (Fsp3) is 0.286. The maximum Gasteiger partial charge on any atom is 0.291 e. The molecule has 0 radical (unpaired) electrons. The Morgan fingerprint density at radius 1 is 1.20 bits per heavy atom. The average molecular weight is 539 g/mol. The van der Waals surface area contributed by atoms with Crippen LogP contribution in [0.1, 0.15) is 31.7 Å². The van der Waals surface area contributed by atoms with Gasteiger partial charge in [-0.15, -0.1) is 35.3 Å². The summed E-state index contributed by atoms with van der Waals surface area (Å²) < 4.78 is 5.12. The molecular weight excluding hydrogens is 513 g/mol. The van der Waals surface area contributed by atoms with Crippen LogP contribution in [0.2, 0.25) is 0 Å². The van der Waals surface area contributed by atoms with Gasteiger partial charge in [0.05, 0.1) is 17.0 Å². The van der Waals surface area contributed by atoms with E-state index in [1.807, 2.05) is 31.2 Å². The molecule has 0 saturated carbocycles. The number of rotatable bonds is 7. The van der Waals surface area contributed by atoms with Gasteiger partial charge in [0.2, 0.25) is 0 Å². The Hall–Kier alpha value is -2.40. The topological polar surface area (TPSA) is 91.5 Å². The molecule has 0 aliphatic rings. The molecule has 30 heavy (non-hydrogen) atoms. The zero-order valence-electron chi connectivity index (χ0n) is 17.2. The summed E-state index contributed by atoms with van der Waals surface area (Å²) >= 11 is 1.74. The number of aromatic nitrogens is 1. The van der Waals surface area contributed by atoms with Crippen molar-refractivity contribution in [2.75, 3.05) is 18.9 Å². The molecule has 0 fully saturated rings. The number of nitrogens with zero attached hydrogens (tertiary/aromatic N) is 2. The SMILES string of the molecule is CN=C(NCCc1nc(C)c(C)s1)NCc1cccc(NC(=O)c2ccco2)c1.I. The van der Waals surface area contributed by atoms with E-state index in [1.165, 1.54) is 11.1 Å². The summed E-state index contributed by atoms with van der Waals surface area (Å²) in [6, 6.07) is 11.0. The number of nitrogens with one attached hydrogen (secondary N) is 3. The number of benzene rings is 1. The second-order valence-electron chi connectivity index (χ2n) is 6.48. The maximum absolute atomic E-state index is 12.1. The minimum atomic E-state index is -0.273. The van der Waals surface area contributed by atoms with Gasteiger partial charge in [0, 0.05) is 37.1 Å². The Kier molecular flexibility index (Phi) is 9.31. The smallest absolute Gasteiger partial charge is 0.291 e. The number of carbonyl (C=O) groups is 1. The highest BCUT2D eigenvalue weighted by molar-refractivity contribution is 14.0. The van der Waals surface area contributed by atoms with Crippen molar-refractivity contribution < 1.29 is 9.21 Å². The summed E-state index contributed by atoms with van der Waals surface area (Å²) in [6.45, 7) is 5.47. The number of aliphatic imine (C=N–C) groups is 1. The molecule has 3 rings (SSSR count). The van der Waals surface area contributed by atoms with Gasteiger partial charge in [0.1, 0.15) is 0 Å². The van der Waals surface area contributed by atoms with Crippen LogP contribution in [0.3, 0.4) is 0 Å². The lowest BCUT2D eigenvalue weighted by molar-refractivity contribution is 0.0996. The van der Waals surface area contributed by atoms with Crippen molar-refractivity contribution in [1.29, 1.82) is 0 Å². The Labute approximate surface area is 197 Å². The van der Waals surface area contributed by atoms with Gasteiger partial charge in [-0.25, -0.2) is 4.98 Å². The highest BCUT2D eigenvalue weighted by Crippen LogP contribution is 2.16. The van der Waals surface area contributed by atoms with E-state index in [0.717, 1.165) is 35.2 Å². The highest BCUT2D eigenvalue weighted by Gasteiger charge is 2.09. The molecule has 0 unspecified atom stereocenters. The van der Waals surface area contributed by atoms with Gasteiger partial charge < -0.3 is 20.4 Å². The van der Waals surface area contributed by atoms with Crippen LogP contribution < -0.4 is 16.0 Å². The highest BCUT2D eigenvalue weighted by atomic mass is 127. The summed E-state index contributed by atoms with van der Waals surface area (Å²) in [5.74, 6) is 0.731. The molecule has 2 aromatic heterocycles. The number of hydrogen-bond acceptors (Lipinski definition) is 5. The van der Waals surface area contributed by atoms with E-state index in [4.69, 9.17) is 4.42 Å². The van der Waals surface area contributed by atoms with Gasteiger partial charge in [-0.2, -0.15) is 0 Å². The molecule has 1 aromatic carbocycles. The zero-order valence-corrected chi connectivity index (χ0v) is 20.3. The lowest BCUT2D eigenvalue weighted by atomic mass is 10.2. The molecule has 7 nitrogen and oxygen atoms in total. The van der Waals surface area contributed by atoms with Crippen molar-refractivity contribution in [3.8, 4) is 0 Å². The summed E-state index contributed by atoms with van der Waals surface area (Å²) in [4.78, 5) is 22.2. The summed E-state index contributed by atoms with van der Waals surface area (Å²) in [5.41, 5.74) is 2.84. The molecule has 0 aliphatic heterocycles.